The van der Waals surface area contributed by atoms with E-state index in [2.05, 4.69) is 17.9 Å². The summed E-state index contributed by atoms with van der Waals surface area (Å²) in [5.41, 5.74) is 1.56. The molecular weight excluding hydrogens is 266 g/mol. The Kier molecular flexibility index (Phi) is 4.06. The zero-order chi connectivity index (χ0) is 13.8. The van der Waals surface area contributed by atoms with Crippen molar-refractivity contribution in [3.05, 3.63) is 51.7 Å². The molecule has 0 aliphatic rings. The second kappa shape index (κ2) is 5.75. The number of hydrogen-bond donors (Lipinski definition) is 1. The smallest absolute Gasteiger partial charge is 0.276 e. The maximum Gasteiger partial charge on any atom is 0.276 e. The summed E-state index contributed by atoms with van der Waals surface area (Å²) < 4.78 is 6.78. The fraction of sp³-hybridized carbons (Fsp3) is 0.250. The zero-order valence-electron chi connectivity index (χ0n) is 10.3. The second-order valence-corrected chi connectivity index (χ2v) is 4.30. The number of nitro groups is 1. The Bertz CT molecular complexity index is 598. The van der Waals surface area contributed by atoms with Gasteiger partial charge in [-0.15, -0.1) is 5.10 Å². The van der Waals surface area contributed by atoms with E-state index in [0.29, 0.717) is 17.9 Å². The third-order valence-electron chi connectivity index (χ3n) is 2.74. The number of ether oxygens (including phenoxy) is 1. The summed E-state index contributed by atoms with van der Waals surface area (Å²) in [6.07, 6.45) is 2.33. The van der Waals surface area contributed by atoms with Gasteiger partial charge in [-0.2, -0.15) is 0 Å². The molecule has 6 nitrogen and oxygen atoms in total. The van der Waals surface area contributed by atoms with Crippen LogP contribution in [0.2, 0.25) is 0 Å². The van der Waals surface area contributed by atoms with Crippen LogP contribution >= 0.6 is 12.8 Å². The lowest BCUT2D eigenvalue weighted by Gasteiger charge is -2.08. The Morgan fingerprint density at radius 1 is 1.47 bits per heavy atom. The largest absolute Gasteiger partial charge is 0.471 e. The summed E-state index contributed by atoms with van der Waals surface area (Å²) in [4.78, 5) is 10.6. The fourth-order valence-corrected chi connectivity index (χ4v) is 1.97. The van der Waals surface area contributed by atoms with Crippen LogP contribution in [-0.4, -0.2) is 14.1 Å². The maximum absolute atomic E-state index is 11.0. The summed E-state index contributed by atoms with van der Waals surface area (Å²) in [6, 6.07) is 6.67. The van der Waals surface area contributed by atoms with E-state index in [1.165, 1.54) is 10.2 Å². The molecule has 1 aromatic carbocycles. The topological polar surface area (TPSA) is 70.2 Å². The molecule has 0 aliphatic carbocycles. The predicted octanol–water partition coefficient (Wildman–Crippen LogP) is 2.63. The highest BCUT2D eigenvalue weighted by Gasteiger charge is 2.17. The molecular formula is C12H13N3O3S. The standard InChI is InChI=1S/C12H13N3O3S/c1-2-9-4-3-5-11(15(16)17)10(9)8-18-12-6-7-14(19)13-12/h3-7,19H,2,8H2,1H3. The van der Waals surface area contributed by atoms with E-state index in [0.717, 1.165) is 5.56 Å². The van der Waals surface area contributed by atoms with Crippen molar-refractivity contribution in [1.82, 2.24) is 9.19 Å². The minimum absolute atomic E-state index is 0.0738. The normalized spacial score (nSPS) is 10.4. The Balaban J connectivity index is 2.25. The molecule has 0 atom stereocenters. The number of nitro benzene ring substituents is 1. The molecule has 0 bridgehead atoms. The van der Waals surface area contributed by atoms with Gasteiger partial charge in [0.05, 0.1) is 10.5 Å². The number of thiol groups is 1. The number of rotatable bonds is 5. The predicted molar refractivity (Wildman–Crippen MR) is 73.4 cm³/mol. The van der Waals surface area contributed by atoms with E-state index in [1.807, 2.05) is 13.0 Å². The van der Waals surface area contributed by atoms with Gasteiger partial charge in [0.25, 0.3) is 5.69 Å². The highest BCUT2D eigenvalue weighted by Crippen LogP contribution is 2.24. The van der Waals surface area contributed by atoms with E-state index in [9.17, 15) is 10.1 Å². The molecule has 0 unspecified atom stereocenters. The molecule has 19 heavy (non-hydrogen) atoms. The van der Waals surface area contributed by atoms with Crippen LogP contribution in [0.4, 0.5) is 5.69 Å². The molecule has 0 saturated heterocycles. The van der Waals surface area contributed by atoms with Gasteiger partial charge in [-0.05, 0) is 24.8 Å². The Morgan fingerprint density at radius 2 is 2.26 bits per heavy atom. The number of benzene rings is 1. The van der Waals surface area contributed by atoms with Gasteiger partial charge < -0.3 is 4.74 Å². The molecule has 0 N–H and O–H groups in total. The Labute approximate surface area is 115 Å². The van der Waals surface area contributed by atoms with Gasteiger partial charge in [0.1, 0.15) is 6.61 Å². The summed E-state index contributed by atoms with van der Waals surface area (Å²) >= 11 is 3.99. The van der Waals surface area contributed by atoms with Crippen molar-refractivity contribution < 1.29 is 9.66 Å². The SMILES string of the molecule is CCc1cccc([N+](=O)[O-])c1COc1ccn(S)n1. The molecule has 1 heterocycles. The highest BCUT2D eigenvalue weighted by atomic mass is 32.1. The van der Waals surface area contributed by atoms with Crippen molar-refractivity contribution in [3.8, 4) is 5.88 Å². The molecule has 100 valence electrons. The average molecular weight is 279 g/mol. The van der Waals surface area contributed by atoms with Crippen LogP contribution in [-0.2, 0) is 13.0 Å². The van der Waals surface area contributed by atoms with Gasteiger partial charge in [0.2, 0.25) is 5.88 Å². The Hall–Kier alpha value is -2.02. The van der Waals surface area contributed by atoms with Crippen molar-refractivity contribution in [3.63, 3.8) is 0 Å². The number of hydrogen-bond acceptors (Lipinski definition) is 5. The molecule has 0 radical (unpaired) electrons. The first-order valence-electron chi connectivity index (χ1n) is 5.74. The summed E-state index contributed by atoms with van der Waals surface area (Å²) in [5, 5.41) is 15.0. The molecule has 2 rings (SSSR count). The fourth-order valence-electron chi connectivity index (χ4n) is 1.81. The monoisotopic (exact) mass is 279 g/mol. The lowest BCUT2D eigenvalue weighted by molar-refractivity contribution is -0.385. The van der Waals surface area contributed by atoms with Crippen molar-refractivity contribution in [2.45, 2.75) is 20.0 Å². The van der Waals surface area contributed by atoms with Crippen molar-refractivity contribution >= 4 is 18.5 Å². The zero-order valence-corrected chi connectivity index (χ0v) is 11.2. The molecule has 0 fully saturated rings. The third-order valence-corrected chi connectivity index (χ3v) is 2.96. The van der Waals surface area contributed by atoms with Gasteiger partial charge in [-0.25, -0.2) is 4.09 Å². The van der Waals surface area contributed by atoms with Crippen LogP contribution in [0.1, 0.15) is 18.1 Å². The van der Waals surface area contributed by atoms with Gasteiger partial charge >= 0.3 is 0 Å². The van der Waals surface area contributed by atoms with E-state index in [4.69, 9.17) is 4.74 Å². The minimum atomic E-state index is -0.394. The van der Waals surface area contributed by atoms with Gasteiger partial charge in [-0.1, -0.05) is 19.1 Å². The number of aromatic nitrogens is 2. The lowest BCUT2D eigenvalue weighted by Crippen LogP contribution is -2.04. The second-order valence-electron chi connectivity index (χ2n) is 3.89. The molecule has 0 saturated carbocycles. The van der Waals surface area contributed by atoms with Crippen LogP contribution in [0.5, 0.6) is 5.88 Å². The van der Waals surface area contributed by atoms with E-state index < -0.39 is 4.92 Å². The van der Waals surface area contributed by atoms with E-state index >= 15 is 0 Å². The summed E-state index contributed by atoms with van der Waals surface area (Å²) in [5.74, 6) is 0.384. The highest BCUT2D eigenvalue weighted by molar-refractivity contribution is 7.78. The molecule has 0 amide bonds. The summed E-state index contributed by atoms with van der Waals surface area (Å²) in [7, 11) is 0. The number of aryl methyl sites for hydroxylation is 1. The minimum Gasteiger partial charge on any atom is -0.471 e. The van der Waals surface area contributed by atoms with Gasteiger partial charge in [0, 0.05) is 18.3 Å². The van der Waals surface area contributed by atoms with Gasteiger partial charge in [-0.3, -0.25) is 10.1 Å². The van der Waals surface area contributed by atoms with Crippen LogP contribution in [0.15, 0.2) is 30.5 Å². The average Bonchev–Trinajstić information content (AvgIpc) is 2.81. The Morgan fingerprint density at radius 3 is 2.84 bits per heavy atom. The molecule has 0 spiro atoms. The summed E-state index contributed by atoms with van der Waals surface area (Å²) in [6.45, 7) is 2.07. The first kappa shape index (κ1) is 13.4. The molecule has 7 heteroatoms. The molecule has 2 aromatic rings. The quantitative estimate of drug-likeness (QED) is 0.519. The van der Waals surface area contributed by atoms with Crippen molar-refractivity contribution in [1.29, 1.82) is 0 Å². The molecule has 0 aliphatic heterocycles. The van der Waals surface area contributed by atoms with Crippen molar-refractivity contribution in [2.24, 2.45) is 0 Å². The van der Waals surface area contributed by atoms with Gasteiger partial charge in [0.15, 0.2) is 0 Å². The molecule has 1 aromatic heterocycles. The van der Waals surface area contributed by atoms with Crippen LogP contribution in [0.3, 0.4) is 0 Å². The maximum atomic E-state index is 11.0. The number of nitrogens with zero attached hydrogens (tertiary/aromatic N) is 3. The van der Waals surface area contributed by atoms with Crippen LogP contribution in [0, 0.1) is 10.1 Å². The first-order valence-corrected chi connectivity index (χ1v) is 6.14. The third kappa shape index (κ3) is 3.05. The van der Waals surface area contributed by atoms with Crippen molar-refractivity contribution in [2.75, 3.05) is 0 Å². The lowest BCUT2D eigenvalue weighted by atomic mass is 10.0. The van der Waals surface area contributed by atoms with E-state index in [-0.39, 0.29) is 12.3 Å². The van der Waals surface area contributed by atoms with Crippen LogP contribution in [0.25, 0.3) is 0 Å². The van der Waals surface area contributed by atoms with E-state index in [1.54, 1.807) is 18.3 Å². The van der Waals surface area contributed by atoms with Crippen LogP contribution < -0.4 is 4.74 Å². The first-order chi connectivity index (χ1) is 9.11.